The lowest BCUT2D eigenvalue weighted by Crippen LogP contribution is -2.28. The molecular formula is C22H46NO7P. The topological polar surface area (TPSA) is 117 Å². The van der Waals surface area contributed by atoms with Crippen molar-refractivity contribution in [2.24, 2.45) is 5.73 Å². The van der Waals surface area contributed by atoms with Gasteiger partial charge in [0.25, 0.3) is 0 Å². The molecule has 31 heavy (non-hydrogen) atoms. The highest BCUT2D eigenvalue weighted by atomic mass is 31.2. The summed E-state index contributed by atoms with van der Waals surface area (Å²) in [5.41, 5.74) is 5.25. The highest BCUT2D eigenvalue weighted by molar-refractivity contribution is 7.47. The van der Waals surface area contributed by atoms with E-state index in [9.17, 15) is 14.3 Å². The van der Waals surface area contributed by atoms with E-state index in [2.05, 4.69) is 11.4 Å². The van der Waals surface area contributed by atoms with Gasteiger partial charge in [-0.25, -0.2) is 4.57 Å². The lowest BCUT2D eigenvalue weighted by Gasteiger charge is -2.19. The fourth-order valence-corrected chi connectivity index (χ4v) is 3.80. The van der Waals surface area contributed by atoms with Crippen molar-refractivity contribution in [3.05, 3.63) is 0 Å². The molecule has 0 bridgehead atoms. The summed E-state index contributed by atoms with van der Waals surface area (Å²) in [5.74, 6) is -0.384. The van der Waals surface area contributed by atoms with E-state index in [-0.39, 0.29) is 38.8 Å². The monoisotopic (exact) mass is 467 g/mol. The van der Waals surface area contributed by atoms with Crippen molar-refractivity contribution in [1.82, 2.24) is 0 Å². The predicted molar refractivity (Wildman–Crippen MR) is 123 cm³/mol. The van der Waals surface area contributed by atoms with E-state index in [4.69, 9.17) is 19.7 Å². The molecule has 3 N–H and O–H groups in total. The third kappa shape index (κ3) is 21.1. The number of unbranched alkanes of at least 4 members (excludes halogenated alkanes) is 10. The molecule has 0 aromatic heterocycles. The van der Waals surface area contributed by atoms with E-state index in [1.165, 1.54) is 57.8 Å². The van der Waals surface area contributed by atoms with Crippen LogP contribution < -0.4 is 5.73 Å². The van der Waals surface area contributed by atoms with Gasteiger partial charge in [-0.2, -0.15) is 0 Å². The van der Waals surface area contributed by atoms with E-state index in [1.54, 1.807) is 0 Å². The maximum atomic E-state index is 11.8. The van der Waals surface area contributed by atoms with Gasteiger partial charge in [-0.1, -0.05) is 78.1 Å². The molecule has 0 aliphatic heterocycles. The van der Waals surface area contributed by atoms with Crippen molar-refractivity contribution >= 4 is 13.8 Å². The van der Waals surface area contributed by atoms with Crippen LogP contribution in [0.3, 0.4) is 0 Å². The van der Waals surface area contributed by atoms with Gasteiger partial charge >= 0.3 is 13.8 Å². The van der Waals surface area contributed by atoms with Crippen molar-refractivity contribution in [2.45, 2.75) is 103 Å². The first-order valence-electron chi connectivity index (χ1n) is 12.0. The Hall–Kier alpha value is -0.500. The summed E-state index contributed by atoms with van der Waals surface area (Å²) >= 11 is 0. The van der Waals surface area contributed by atoms with Crippen molar-refractivity contribution < 1.29 is 32.8 Å². The van der Waals surface area contributed by atoms with Crippen LogP contribution in [0.2, 0.25) is 0 Å². The first-order valence-corrected chi connectivity index (χ1v) is 13.5. The van der Waals surface area contributed by atoms with Crippen LogP contribution in [-0.2, 0) is 27.9 Å². The van der Waals surface area contributed by atoms with Gasteiger partial charge in [0, 0.05) is 19.6 Å². The lowest BCUT2D eigenvalue weighted by molar-refractivity contribution is -0.154. The second-order valence-electron chi connectivity index (χ2n) is 7.86. The molecule has 0 aromatic rings. The lowest BCUT2D eigenvalue weighted by atomic mass is 10.1. The van der Waals surface area contributed by atoms with Crippen LogP contribution in [0.5, 0.6) is 0 Å². The van der Waals surface area contributed by atoms with Crippen molar-refractivity contribution in [3.8, 4) is 0 Å². The molecule has 0 fully saturated rings. The fourth-order valence-electron chi connectivity index (χ4n) is 3.03. The van der Waals surface area contributed by atoms with Gasteiger partial charge in [0.05, 0.1) is 19.8 Å². The number of hydrogen-bond donors (Lipinski definition) is 2. The van der Waals surface area contributed by atoms with E-state index in [1.807, 2.05) is 6.92 Å². The van der Waals surface area contributed by atoms with Crippen LogP contribution >= 0.6 is 7.82 Å². The van der Waals surface area contributed by atoms with Gasteiger partial charge in [0.1, 0.15) is 6.10 Å². The Kier molecular flexibility index (Phi) is 21.0. The largest absolute Gasteiger partial charge is 0.472 e. The quantitative estimate of drug-likeness (QED) is 0.121. The normalized spacial score (nSPS) is 14.3. The maximum Gasteiger partial charge on any atom is 0.472 e. The predicted octanol–water partition coefficient (Wildman–Crippen LogP) is 5.12. The molecule has 0 rings (SSSR count). The molecule has 0 aliphatic carbocycles. The number of carbonyl (C=O) groups excluding carboxylic acids is 1. The zero-order chi connectivity index (χ0) is 23.2. The van der Waals surface area contributed by atoms with Gasteiger partial charge in [0.2, 0.25) is 0 Å². The summed E-state index contributed by atoms with van der Waals surface area (Å²) < 4.78 is 32.3. The average molecular weight is 468 g/mol. The molecule has 186 valence electrons. The van der Waals surface area contributed by atoms with E-state index < -0.39 is 13.9 Å². The number of phosphoric acid groups is 1. The first kappa shape index (κ1) is 30.5. The highest BCUT2D eigenvalue weighted by Gasteiger charge is 2.24. The molecule has 0 radical (unpaired) electrons. The van der Waals surface area contributed by atoms with Crippen LogP contribution in [0.25, 0.3) is 0 Å². The molecule has 2 atom stereocenters. The van der Waals surface area contributed by atoms with E-state index in [0.717, 1.165) is 12.8 Å². The van der Waals surface area contributed by atoms with Gasteiger partial charge in [-0.05, 0) is 12.8 Å². The van der Waals surface area contributed by atoms with Crippen molar-refractivity contribution in [3.63, 3.8) is 0 Å². The zero-order valence-corrected chi connectivity index (χ0v) is 20.6. The Bertz CT molecular complexity index is 465. The molecule has 0 saturated carbocycles. The van der Waals surface area contributed by atoms with Crippen LogP contribution in [0.1, 0.15) is 97.3 Å². The molecule has 8 nitrogen and oxygen atoms in total. The Morgan fingerprint density at radius 3 is 1.97 bits per heavy atom. The van der Waals surface area contributed by atoms with Crippen LogP contribution in [-0.4, -0.2) is 49.9 Å². The Labute approximate surface area is 189 Å². The molecule has 0 spiro atoms. The van der Waals surface area contributed by atoms with Crippen LogP contribution in [0, 0.1) is 0 Å². The SMILES string of the molecule is CCCCCCCCCCCCCOCC(COP(=O)(O)OCCN)OC(=O)CCC. The molecule has 0 aliphatic rings. The molecule has 0 amide bonds. The van der Waals surface area contributed by atoms with Crippen LogP contribution in [0.15, 0.2) is 0 Å². The number of ether oxygens (including phenoxy) is 2. The van der Waals surface area contributed by atoms with Crippen molar-refractivity contribution in [2.75, 3.05) is 33.0 Å². The fraction of sp³-hybridized carbons (Fsp3) is 0.955. The first-order chi connectivity index (χ1) is 14.9. The number of esters is 1. The molecule has 9 heteroatoms. The van der Waals surface area contributed by atoms with Crippen LogP contribution in [0.4, 0.5) is 0 Å². The molecular weight excluding hydrogens is 421 g/mol. The van der Waals surface area contributed by atoms with Gasteiger partial charge in [0.15, 0.2) is 0 Å². The van der Waals surface area contributed by atoms with E-state index in [0.29, 0.717) is 13.0 Å². The molecule has 2 unspecified atom stereocenters. The molecule has 0 saturated heterocycles. The minimum atomic E-state index is -4.22. The summed E-state index contributed by atoms with van der Waals surface area (Å²) in [6, 6.07) is 0. The number of carbonyl (C=O) groups is 1. The summed E-state index contributed by atoms with van der Waals surface area (Å²) in [5, 5.41) is 0. The van der Waals surface area contributed by atoms with Gasteiger partial charge < -0.3 is 20.1 Å². The second-order valence-corrected chi connectivity index (χ2v) is 9.31. The number of hydrogen-bond acceptors (Lipinski definition) is 7. The van der Waals surface area contributed by atoms with Gasteiger partial charge in [-0.15, -0.1) is 0 Å². The highest BCUT2D eigenvalue weighted by Crippen LogP contribution is 2.43. The second kappa shape index (κ2) is 21.4. The molecule has 0 aromatic carbocycles. The third-order valence-electron chi connectivity index (χ3n) is 4.74. The summed E-state index contributed by atoms with van der Waals surface area (Å²) in [7, 11) is -4.22. The molecule has 0 heterocycles. The Morgan fingerprint density at radius 2 is 1.42 bits per heavy atom. The summed E-state index contributed by atoms with van der Waals surface area (Å²) in [4.78, 5) is 21.4. The minimum absolute atomic E-state index is 0.0938. The number of phosphoric ester groups is 1. The summed E-state index contributed by atoms with van der Waals surface area (Å²) in [6.45, 7) is 4.52. The average Bonchev–Trinajstić information content (AvgIpc) is 2.74. The summed E-state index contributed by atoms with van der Waals surface area (Å²) in [6.07, 6.45) is 14.0. The van der Waals surface area contributed by atoms with Crippen molar-refractivity contribution in [1.29, 1.82) is 0 Å². The number of nitrogens with two attached hydrogens (primary N) is 1. The third-order valence-corrected chi connectivity index (χ3v) is 5.73. The Balaban J connectivity index is 3.93. The number of rotatable bonds is 23. The minimum Gasteiger partial charge on any atom is -0.457 e. The Morgan fingerprint density at radius 1 is 0.839 bits per heavy atom. The van der Waals surface area contributed by atoms with E-state index >= 15 is 0 Å². The van der Waals surface area contributed by atoms with Gasteiger partial charge in [-0.3, -0.25) is 13.8 Å². The smallest absolute Gasteiger partial charge is 0.457 e. The zero-order valence-electron chi connectivity index (χ0n) is 19.7. The standard InChI is InChI=1S/C22H46NO7P/c1-3-5-6-7-8-9-10-11-12-13-14-17-27-19-21(30-22(24)15-4-2)20-29-31(25,26)28-18-16-23/h21H,3-20,23H2,1-2H3,(H,25,26). The maximum absolute atomic E-state index is 11.8.